The Bertz CT molecular complexity index is 1220. The minimum atomic E-state index is -4.50. The molecule has 0 spiro atoms. The largest absolute Gasteiger partial charge is 0.417 e. The van der Waals surface area contributed by atoms with Gasteiger partial charge in [0.15, 0.2) is 5.69 Å². The van der Waals surface area contributed by atoms with Crippen molar-refractivity contribution < 1.29 is 22.7 Å². The van der Waals surface area contributed by atoms with Gasteiger partial charge in [0.25, 0.3) is 5.91 Å². The van der Waals surface area contributed by atoms with Crippen LogP contribution in [0.25, 0.3) is 5.69 Å². The number of morpholine rings is 1. The van der Waals surface area contributed by atoms with E-state index in [1.807, 2.05) is 0 Å². The van der Waals surface area contributed by atoms with Gasteiger partial charge in [0, 0.05) is 18.4 Å². The number of pyridine rings is 2. The number of anilines is 1. The molecule has 1 saturated heterocycles. The number of aromatic nitrogens is 5. The average molecular weight is 495 g/mol. The topological polar surface area (TPSA) is 98.1 Å². The van der Waals surface area contributed by atoms with E-state index in [4.69, 9.17) is 20.4 Å². The molecule has 3 atom stereocenters. The highest BCUT2D eigenvalue weighted by Crippen LogP contribution is 2.32. The summed E-state index contributed by atoms with van der Waals surface area (Å²) < 4.78 is 44.5. The molecule has 0 aliphatic carbocycles. The van der Waals surface area contributed by atoms with Crippen LogP contribution < -0.4 is 5.32 Å². The fourth-order valence-electron chi connectivity index (χ4n) is 4.00. The molecule has 4 radical (unpaired) electrons. The van der Waals surface area contributed by atoms with Gasteiger partial charge < -0.3 is 15.0 Å². The van der Waals surface area contributed by atoms with E-state index in [1.165, 1.54) is 28.2 Å². The zero-order chi connectivity index (χ0) is 26.3. The van der Waals surface area contributed by atoms with Gasteiger partial charge in [-0.1, -0.05) is 0 Å². The molecule has 184 valence electrons. The summed E-state index contributed by atoms with van der Waals surface area (Å²) in [4.78, 5) is 24.8. The van der Waals surface area contributed by atoms with Gasteiger partial charge in [0.05, 0.1) is 51.9 Å². The number of carbonyl (C=O) groups is 1. The molecule has 0 bridgehead atoms. The Morgan fingerprint density at radius 2 is 1.86 bits per heavy atom. The van der Waals surface area contributed by atoms with E-state index in [1.54, 1.807) is 32.9 Å². The van der Waals surface area contributed by atoms with Crippen LogP contribution in [0.4, 0.5) is 19.0 Å². The Labute approximate surface area is 208 Å². The van der Waals surface area contributed by atoms with E-state index < -0.39 is 41.2 Å². The molecule has 0 saturated carbocycles. The van der Waals surface area contributed by atoms with Gasteiger partial charge in [-0.2, -0.15) is 23.4 Å². The predicted octanol–water partition coefficient (Wildman–Crippen LogP) is 2.11. The van der Waals surface area contributed by atoms with E-state index in [0.29, 0.717) is 11.4 Å². The highest BCUT2D eigenvalue weighted by Gasteiger charge is 2.48. The summed E-state index contributed by atoms with van der Waals surface area (Å²) in [6.45, 7) is 5.17. The second-order valence-electron chi connectivity index (χ2n) is 8.56. The fourth-order valence-corrected chi connectivity index (χ4v) is 4.00. The minimum absolute atomic E-state index is 0.0328. The summed E-state index contributed by atoms with van der Waals surface area (Å²) in [5, 5.41) is 9.41. The predicted molar refractivity (Wildman–Crippen MR) is 126 cm³/mol. The van der Waals surface area contributed by atoms with Crippen molar-refractivity contribution in [2.45, 2.75) is 50.5 Å². The highest BCUT2D eigenvalue weighted by atomic mass is 19.4. The molecule has 36 heavy (non-hydrogen) atoms. The average Bonchev–Trinajstić information content (AvgIpc) is 3.34. The zero-order valence-corrected chi connectivity index (χ0v) is 19.8. The van der Waals surface area contributed by atoms with Gasteiger partial charge >= 0.3 is 6.18 Å². The first-order valence-electron chi connectivity index (χ1n) is 11.1. The molecule has 1 aliphatic heterocycles. The van der Waals surface area contributed by atoms with Crippen LogP contribution in [0.2, 0.25) is 0 Å². The summed E-state index contributed by atoms with van der Waals surface area (Å²) in [6.07, 6.45) is -2.13. The molecule has 1 amide bonds. The number of rotatable bonds is 5. The van der Waals surface area contributed by atoms with Crippen LogP contribution in [0.15, 0.2) is 42.9 Å². The van der Waals surface area contributed by atoms with Gasteiger partial charge in [-0.15, -0.1) is 4.80 Å². The normalized spacial score (nSPS) is 21.8. The summed E-state index contributed by atoms with van der Waals surface area (Å²) >= 11 is 0. The molecular formula is C22H22B2F3N7O2. The number of amides is 1. The molecule has 1 aliphatic rings. The third kappa shape index (κ3) is 4.95. The first-order chi connectivity index (χ1) is 16.9. The summed E-state index contributed by atoms with van der Waals surface area (Å²) in [6, 6.07) is 4.77. The van der Waals surface area contributed by atoms with E-state index in [0.717, 1.165) is 12.3 Å². The van der Waals surface area contributed by atoms with Crippen molar-refractivity contribution in [1.29, 1.82) is 0 Å². The van der Waals surface area contributed by atoms with Crippen molar-refractivity contribution in [3.05, 3.63) is 59.8 Å². The lowest BCUT2D eigenvalue weighted by Crippen LogP contribution is -2.71. The molecule has 3 unspecified atom stereocenters. The van der Waals surface area contributed by atoms with E-state index in [-0.39, 0.29) is 18.1 Å². The SMILES string of the molecule is [B]C1([B])C(C)OC(C)C(CNc2ccc(C(F)(F)F)cn2)N1C(=O)c1nc(C)ccc1-n1nccn1. The summed E-state index contributed by atoms with van der Waals surface area (Å²) in [5.74, 6) is -0.402. The third-order valence-corrected chi connectivity index (χ3v) is 6.01. The van der Waals surface area contributed by atoms with E-state index in [2.05, 4.69) is 25.5 Å². The van der Waals surface area contributed by atoms with Crippen molar-refractivity contribution in [3.8, 4) is 5.69 Å². The standard InChI is InChI=1S/C22H22B2F3N7O2/c1-12-4-6-16(34-30-8-9-31-34)19(32-12)20(35)33-17(13(2)36-14(3)21(33,23)24)11-29-18-7-5-15(10-28-18)22(25,26)27/h4-10,13-14,17H,11H2,1-3H3,(H,28,29). The number of nitrogens with one attached hydrogen (secondary N) is 1. The maximum Gasteiger partial charge on any atom is 0.417 e. The number of alkyl halides is 3. The summed E-state index contributed by atoms with van der Waals surface area (Å²) in [7, 11) is 12.8. The first kappa shape index (κ1) is 25.7. The van der Waals surface area contributed by atoms with Gasteiger partial charge in [0.1, 0.15) is 11.5 Å². The number of halogens is 3. The van der Waals surface area contributed by atoms with Crippen LogP contribution in [0.3, 0.4) is 0 Å². The van der Waals surface area contributed by atoms with Crippen LogP contribution in [-0.2, 0) is 10.9 Å². The second-order valence-corrected chi connectivity index (χ2v) is 8.56. The van der Waals surface area contributed by atoms with Crippen LogP contribution in [0.5, 0.6) is 0 Å². The third-order valence-electron chi connectivity index (χ3n) is 6.01. The van der Waals surface area contributed by atoms with Crippen molar-refractivity contribution in [3.63, 3.8) is 0 Å². The molecule has 14 heteroatoms. The lowest BCUT2D eigenvalue weighted by Gasteiger charge is -2.54. The Hall–Kier alpha value is -3.41. The van der Waals surface area contributed by atoms with Gasteiger partial charge in [0.2, 0.25) is 0 Å². The molecule has 4 heterocycles. The lowest BCUT2D eigenvalue weighted by atomic mass is 9.56. The van der Waals surface area contributed by atoms with Crippen LogP contribution in [-0.4, -0.2) is 81.6 Å². The summed E-state index contributed by atoms with van der Waals surface area (Å²) in [5.41, 5.74) is 0.0629. The van der Waals surface area contributed by atoms with Crippen molar-refractivity contribution in [2.75, 3.05) is 11.9 Å². The highest BCUT2D eigenvalue weighted by molar-refractivity contribution is 6.41. The molecule has 4 rings (SSSR count). The minimum Gasteiger partial charge on any atom is -0.373 e. The fraction of sp³-hybridized carbons (Fsp3) is 0.409. The van der Waals surface area contributed by atoms with E-state index in [9.17, 15) is 18.0 Å². The number of ether oxygens (including phenoxy) is 1. The van der Waals surface area contributed by atoms with Crippen molar-refractivity contribution in [2.24, 2.45) is 0 Å². The number of hydrogen-bond acceptors (Lipinski definition) is 7. The Balaban J connectivity index is 1.67. The Morgan fingerprint density at radius 3 is 2.47 bits per heavy atom. The maximum atomic E-state index is 14.0. The van der Waals surface area contributed by atoms with Gasteiger partial charge in [-0.3, -0.25) is 4.79 Å². The Kier molecular flexibility index (Phi) is 6.82. The lowest BCUT2D eigenvalue weighted by molar-refractivity contribution is -0.137. The maximum absolute atomic E-state index is 14.0. The second kappa shape index (κ2) is 9.57. The number of carbonyl (C=O) groups excluding carboxylic acids is 1. The molecule has 3 aromatic rings. The first-order valence-corrected chi connectivity index (χ1v) is 11.1. The van der Waals surface area contributed by atoms with Crippen LogP contribution >= 0.6 is 0 Å². The van der Waals surface area contributed by atoms with E-state index >= 15 is 0 Å². The molecule has 3 aromatic heterocycles. The van der Waals surface area contributed by atoms with Gasteiger partial charge in [-0.25, -0.2) is 9.97 Å². The van der Waals surface area contributed by atoms with Crippen LogP contribution in [0.1, 0.15) is 35.6 Å². The molecule has 1 N–H and O–H groups in total. The molecule has 9 nitrogen and oxygen atoms in total. The van der Waals surface area contributed by atoms with Crippen molar-refractivity contribution in [1.82, 2.24) is 29.9 Å². The van der Waals surface area contributed by atoms with Crippen LogP contribution in [0, 0.1) is 6.92 Å². The smallest absolute Gasteiger partial charge is 0.373 e. The number of nitrogens with zero attached hydrogens (tertiary/aromatic N) is 6. The number of aryl methyl sites for hydroxylation is 1. The van der Waals surface area contributed by atoms with Gasteiger partial charge in [-0.05, 0) is 50.4 Å². The quantitative estimate of drug-likeness (QED) is 0.542. The molecule has 1 fully saturated rings. The zero-order valence-electron chi connectivity index (χ0n) is 19.8. The number of hydrogen-bond donors (Lipinski definition) is 1. The molecule has 0 aromatic carbocycles. The molecular weight excluding hydrogens is 473 g/mol. The Morgan fingerprint density at radius 1 is 1.17 bits per heavy atom. The monoisotopic (exact) mass is 495 g/mol. The van der Waals surface area contributed by atoms with Crippen molar-refractivity contribution >= 4 is 27.4 Å².